The van der Waals surface area contributed by atoms with Gasteiger partial charge >= 0.3 is 0 Å². The van der Waals surface area contributed by atoms with Crippen molar-refractivity contribution in [3.8, 4) is 0 Å². The molecule has 0 radical (unpaired) electrons. The van der Waals surface area contributed by atoms with Crippen LogP contribution in [0.2, 0.25) is 0 Å². The van der Waals surface area contributed by atoms with Gasteiger partial charge in [0.15, 0.2) is 11.6 Å². The van der Waals surface area contributed by atoms with Crippen LogP contribution in [0.3, 0.4) is 0 Å². The fourth-order valence-corrected chi connectivity index (χ4v) is 2.53. The summed E-state index contributed by atoms with van der Waals surface area (Å²) in [5.41, 5.74) is 0.289. The largest absolute Gasteiger partial charge is 0.376 e. The standard InChI is InChI=1S/C14H14F4N2O2.C2H6.HI.H3N.H2/c15-9-4-11-12(5-10(9)16)20(6-13(17)18)14(19-11)3-8-7-21-1-2-22-8;1-2;;;/h4-5,8,13H,1-3,6-7H2;1-2H3;1H;1H3;1H/t8-;;;;/m1..../s1. The number of benzene rings is 1. The Morgan fingerprint density at radius 2 is 1.88 bits per heavy atom. The van der Waals surface area contributed by atoms with Crippen LogP contribution in [0.25, 0.3) is 11.0 Å². The Labute approximate surface area is 168 Å². The van der Waals surface area contributed by atoms with Crippen LogP contribution in [0, 0.1) is 11.6 Å². The predicted octanol–water partition coefficient (Wildman–Crippen LogP) is 4.59. The molecule has 2 heterocycles. The van der Waals surface area contributed by atoms with Crippen LogP contribution in [0.1, 0.15) is 21.1 Å². The van der Waals surface area contributed by atoms with E-state index in [-0.39, 0.29) is 55.1 Å². The number of aromatic nitrogens is 2. The quantitative estimate of drug-likeness (QED) is 0.498. The van der Waals surface area contributed by atoms with Gasteiger partial charge < -0.3 is 20.2 Å². The van der Waals surface area contributed by atoms with E-state index in [1.54, 1.807) is 0 Å². The van der Waals surface area contributed by atoms with Crippen LogP contribution in [-0.2, 0) is 22.4 Å². The van der Waals surface area contributed by atoms with Crippen molar-refractivity contribution in [3.63, 3.8) is 0 Å². The van der Waals surface area contributed by atoms with E-state index in [9.17, 15) is 17.6 Å². The first-order valence-electron chi connectivity index (χ1n) is 7.86. The third-order valence-electron chi connectivity index (χ3n) is 3.49. The zero-order chi connectivity index (χ0) is 17.7. The second kappa shape index (κ2) is 11.7. The molecule has 3 rings (SSSR count). The van der Waals surface area contributed by atoms with E-state index in [2.05, 4.69) is 4.98 Å². The van der Waals surface area contributed by atoms with Gasteiger partial charge in [0, 0.05) is 20.0 Å². The summed E-state index contributed by atoms with van der Waals surface area (Å²) in [5.74, 6) is -1.85. The van der Waals surface area contributed by atoms with Crippen molar-refractivity contribution >= 4 is 35.0 Å². The second-order valence-electron chi connectivity index (χ2n) is 5.06. The average Bonchev–Trinajstić information content (AvgIpc) is 2.87. The van der Waals surface area contributed by atoms with E-state index >= 15 is 0 Å². The minimum absolute atomic E-state index is 0. The van der Waals surface area contributed by atoms with E-state index in [1.165, 1.54) is 4.57 Å². The Kier molecular flexibility index (Phi) is 11.2. The molecular weight excluding hydrogens is 469 g/mol. The Bertz CT molecular complexity index is 685. The lowest BCUT2D eigenvalue weighted by Gasteiger charge is -2.23. The minimum Gasteiger partial charge on any atom is -0.376 e. The van der Waals surface area contributed by atoms with Gasteiger partial charge in [-0.05, 0) is 0 Å². The van der Waals surface area contributed by atoms with Crippen molar-refractivity contribution in [1.29, 1.82) is 0 Å². The first-order valence-corrected chi connectivity index (χ1v) is 7.86. The molecule has 1 aliphatic rings. The topological polar surface area (TPSA) is 71.3 Å². The lowest BCUT2D eigenvalue weighted by Crippen LogP contribution is -2.31. The van der Waals surface area contributed by atoms with Crippen molar-refractivity contribution < 1.29 is 28.5 Å². The molecule has 152 valence electrons. The number of imidazole rings is 1. The summed E-state index contributed by atoms with van der Waals surface area (Å²) in [6.45, 7) is 4.61. The van der Waals surface area contributed by atoms with Crippen LogP contribution < -0.4 is 6.15 Å². The highest BCUT2D eigenvalue weighted by molar-refractivity contribution is 14.0. The van der Waals surface area contributed by atoms with E-state index < -0.39 is 24.6 Å². The highest BCUT2D eigenvalue weighted by Gasteiger charge is 2.22. The summed E-state index contributed by atoms with van der Waals surface area (Å²) < 4.78 is 64.2. The first kappa shape index (κ1) is 25.0. The van der Waals surface area contributed by atoms with Gasteiger partial charge in [-0.3, -0.25) is 0 Å². The molecule has 1 aromatic carbocycles. The van der Waals surface area contributed by atoms with Gasteiger partial charge in [0.25, 0.3) is 6.43 Å². The van der Waals surface area contributed by atoms with Crippen molar-refractivity contribution in [1.82, 2.24) is 15.7 Å². The monoisotopic (exact) mass is 495 g/mol. The van der Waals surface area contributed by atoms with Gasteiger partial charge in [0.05, 0.1) is 43.5 Å². The predicted molar refractivity (Wildman–Crippen MR) is 104 cm³/mol. The molecular formula is C16H26F4IN3O2. The van der Waals surface area contributed by atoms with Gasteiger partial charge in [-0.2, -0.15) is 0 Å². The minimum atomic E-state index is -2.63. The summed E-state index contributed by atoms with van der Waals surface area (Å²) in [6, 6.07) is 1.80. The molecule has 0 amide bonds. The first-order chi connectivity index (χ1) is 11.5. The summed E-state index contributed by atoms with van der Waals surface area (Å²) in [4.78, 5) is 4.15. The Hall–Kier alpha value is -0.980. The molecule has 1 fully saturated rings. The Morgan fingerprint density at radius 1 is 1.23 bits per heavy atom. The van der Waals surface area contributed by atoms with Gasteiger partial charge in [0.1, 0.15) is 5.82 Å². The van der Waals surface area contributed by atoms with E-state index in [0.29, 0.717) is 25.6 Å². The van der Waals surface area contributed by atoms with E-state index in [1.807, 2.05) is 13.8 Å². The van der Waals surface area contributed by atoms with Crippen molar-refractivity contribution in [3.05, 3.63) is 29.6 Å². The van der Waals surface area contributed by atoms with Gasteiger partial charge in [-0.1, -0.05) is 13.8 Å². The second-order valence-corrected chi connectivity index (χ2v) is 5.06. The van der Waals surface area contributed by atoms with Gasteiger partial charge in [-0.25, -0.2) is 22.5 Å². The molecule has 1 saturated heterocycles. The van der Waals surface area contributed by atoms with Crippen LogP contribution in [0.4, 0.5) is 17.6 Å². The van der Waals surface area contributed by atoms with E-state index in [0.717, 1.165) is 12.1 Å². The smallest absolute Gasteiger partial charge is 0.256 e. The molecule has 1 aliphatic heterocycles. The zero-order valence-electron chi connectivity index (χ0n) is 14.7. The van der Waals surface area contributed by atoms with Crippen LogP contribution >= 0.6 is 24.0 Å². The number of nitrogens with zero attached hydrogens (tertiary/aromatic N) is 2. The summed E-state index contributed by atoms with van der Waals surface area (Å²) in [6.07, 6.45) is -2.70. The maximum atomic E-state index is 13.4. The highest BCUT2D eigenvalue weighted by atomic mass is 127. The average molecular weight is 495 g/mol. The fraction of sp³-hybridized carbons (Fsp3) is 0.562. The molecule has 1 aromatic heterocycles. The number of hydrogen-bond donors (Lipinski definition) is 1. The van der Waals surface area contributed by atoms with Crippen molar-refractivity contribution in [2.45, 2.75) is 39.3 Å². The van der Waals surface area contributed by atoms with Crippen LogP contribution in [-0.4, -0.2) is 41.9 Å². The summed E-state index contributed by atoms with van der Waals surface area (Å²) in [5, 5.41) is 0. The molecule has 0 spiro atoms. The maximum Gasteiger partial charge on any atom is 0.256 e. The zero-order valence-corrected chi connectivity index (χ0v) is 17.0. The number of ether oxygens (including phenoxy) is 2. The highest BCUT2D eigenvalue weighted by Crippen LogP contribution is 2.22. The molecule has 0 bridgehead atoms. The van der Waals surface area contributed by atoms with Gasteiger partial charge in [0.2, 0.25) is 0 Å². The molecule has 0 saturated carbocycles. The Balaban J connectivity index is 0. The van der Waals surface area contributed by atoms with Crippen molar-refractivity contribution in [2.75, 3.05) is 19.8 Å². The normalized spacial score (nSPS) is 16.5. The number of alkyl halides is 2. The SMILES string of the molecule is CC.Fc1cc2nc(C[C@@H]3COCCO3)n(CC(F)F)c2cc1F.I.N.[HH]. The molecule has 26 heavy (non-hydrogen) atoms. The number of rotatable bonds is 4. The lowest BCUT2D eigenvalue weighted by atomic mass is 10.2. The van der Waals surface area contributed by atoms with Crippen LogP contribution in [0.15, 0.2) is 12.1 Å². The van der Waals surface area contributed by atoms with E-state index in [4.69, 9.17) is 9.47 Å². The third kappa shape index (κ3) is 6.03. The van der Waals surface area contributed by atoms with Crippen LogP contribution in [0.5, 0.6) is 0 Å². The molecule has 1 atom stereocenters. The fourth-order valence-electron chi connectivity index (χ4n) is 2.53. The Morgan fingerprint density at radius 3 is 2.46 bits per heavy atom. The third-order valence-corrected chi connectivity index (χ3v) is 3.49. The summed E-state index contributed by atoms with van der Waals surface area (Å²) >= 11 is 0. The lowest BCUT2D eigenvalue weighted by molar-refractivity contribution is -0.0881. The maximum absolute atomic E-state index is 13.4. The van der Waals surface area contributed by atoms with Gasteiger partial charge in [-0.15, -0.1) is 24.0 Å². The molecule has 0 aliphatic carbocycles. The molecule has 0 unspecified atom stereocenters. The number of fused-ring (bicyclic) bond motifs is 1. The molecule has 2 aromatic rings. The summed E-state index contributed by atoms with van der Waals surface area (Å²) in [7, 11) is 0. The molecule has 3 N–H and O–H groups in total. The number of hydrogen-bond acceptors (Lipinski definition) is 4. The van der Waals surface area contributed by atoms with Crippen molar-refractivity contribution in [2.24, 2.45) is 0 Å². The number of halogens is 5. The molecule has 10 heteroatoms. The molecule has 5 nitrogen and oxygen atoms in total.